The smallest absolute Gasteiger partial charge is 0.0702 e. The quantitative estimate of drug-likeness (QED) is 0.781. The van der Waals surface area contributed by atoms with Gasteiger partial charge >= 0.3 is 0 Å². The van der Waals surface area contributed by atoms with Gasteiger partial charge in [-0.15, -0.1) is 0 Å². The number of nitrogens with zero attached hydrogens (tertiary/aromatic N) is 3. The van der Waals surface area contributed by atoms with Crippen molar-refractivity contribution in [2.75, 3.05) is 6.54 Å². The maximum atomic E-state index is 4.38. The summed E-state index contributed by atoms with van der Waals surface area (Å²) in [5.41, 5.74) is 3.58. The number of likely N-dealkylation sites (N-methyl/N-ethyl adjacent to an activating group) is 1. The van der Waals surface area contributed by atoms with Crippen molar-refractivity contribution in [3.63, 3.8) is 0 Å². The molecule has 4 heteroatoms. The summed E-state index contributed by atoms with van der Waals surface area (Å²) in [5, 5.41) is 9.00. The Bertz CT molecular complexity index is 732. The average molecular weight is 280 g/mol. The molecule has 1 unspecified atom stereocenters. The molecule has 0 amide bonds. The van der Waals surface area contributed by atoms with Crippen LogP contribution >= 0.6 is 0 Å². The van der Waals surface area contributed by atoms with Crippen LogP contribution in [0, 0.1) is 0 Å². The van der Waals surface area contributed by atoms with Crippen LogP contribution < -0.4 is 5.32 Å². The van der Waals surface area contributed by atoms with Crippen molar-refractivity contribution in [1.29, 1.82) is 0 Å². The minimum Gasteiger partial charge on any atom is -0.310 e. The third-order valence-electron chi connectivity index (χ3n) is 3.68. The molecule has 2 aromatic heterocycles. The van der Waals surface area contributed by atoms with E-state index in [0.29, 0.717) is 6.04 Å². The molecule has 0 aliphatic heterocycles. The lowest BCUT2D eigenvalue weighted by Gasteiger charge is -2.18. The molecule has 1 N–H and O–H groups in total. The SMILES string of the molecule is CCNC(Cc1cnn(C)c1)c1ccc2ncccc2c1. The monoisotopic (exact) mass is 280 g/mol. The van der Waals surface area contributed by atoms with Gasteiger partial charge in [-0.3, -0.25) is 9.67 Å². The summed E-state index contributed by atoms with van der Waals surface area (Å²) in [4.78, 5) is 4.38. The summed E-state index contributed by atoms with van der Waals surface area (Å²) in [5.74, 6) is 0. The lowest BCUT2D eigenvalue weighted by Crippen LogP contribution is -2.22. The van der Waals surface area contributed by atoms with Crippen LogP contribution in [-0.2, 0) is 13.5 Å². The zero-order valence-corrected chi connectivity index (χ0v) is 12.5. The Hall–Kier alpha value is -2.20. The topological polar surface area (TPSA) is 42.7 Å². The van der Waals surface area contributed by atoms with Crippen LogP contribution in [0.4, 0.5) is 0 Å². The summed E-state index contributed by atoms with van der Waals surface area (Å²) >= 11 is 0. The van der Waals surface area contributed by atoms with Gasteiger partial charge in [-0.1, -0.05) is 19.1 Å². The molecule has 0 spiro atoms. The third-order valence-corrected chi connectivity index (χ3v) is 3.68. The molecule has 3 aromatic rings. The lowest BCUT2D eigenvalue weighted by molar-refractivity contribution is 0.550. The Morgan fingerprint density at radius 1 is 1.29 bits per heavy atom. The molecule has 0 saturated heterocycles. The Morgan fingerprint density at radius 2 is 2.19 bits per heavy atom. The number of aromatic nitrogens is 3. The van der Waals surface area contributed by atoms with Crippen LogP contribution in [0.5, 0.6) is 0 Å². The molecule has 2 heterocycles. The van der Waals surface area contributed by atoms with Crippen molar-refractivity contribution in [3.8, 4) is 0 Å². The highest BCUT2D eigenvalue weighted by molar-refractivity contribution is 5.79. The van der Waals surface area contributed by atoms with E-state index in [1.54, 1.807) is 0 Å². The second kappa shape index (κ2) is 6.06. The molecule has 3 rings (SSSR count). The summed E-state index contributed by atoms with van der Waals surface area (Å²) in [7, 11) is 1.95. The predicted molar refractivity (Wildman–Crippen MR) is 85.1 cm³/mol. The number of fused-ring (bicyclic) bond motifs is 1. The van der Waals surface area contributed by atoms with E-state index in [4.69, 9.17) is 0 Å². The Labute approximate surface area is 124 Å². The lowest BCUT2D eigenvalue weighted by atomic mass is 9.99. The minimum absolute atomic E-state index is 0.295. The standard InChI is InChI=1S/C17H20N4/c1-3-18-17(9-13-11-20-21(2)12-13)15-6-7-16-14(10-15)5-4-8-19-16/h4-8,10-12,17-18H,3,9H2,1-2H3. The van der Waals surface area contributed by atoms with E-state index in [1.807, 2.05) is 30.2 Å². The average Bonchev–Trinajstić information content (AvgIpc) is 2.91. The minimum atomic E-state index is 0.295. The number of nitrogens with one attached hydrogen (secondary N) is 1. The van der Waals surface area contributed by atoms with Crippen LogP contribution in [0.25, 0.3) is 10.9 Å². The summed E-state index contributed by atoms with van der Waals surface area (Å²) in [6.07, 6.45) is 6.78. The summed E-state index contributed by atoms with van der Waals surface area (Å²) in [6.45, 7) is 3.08. The van der Waals surface area contributed by atoms with E-state index in [-0.39, 0.29) is 0 Å². The number of aryl methyl sites for hydroxylation is 1. The normalized spacial score (nSPS) is 12.7. The van der Waals surface area contributed by atoms with Gasteiger partial charge in [0.05, 0.1) is 11.7 Å². The van der Waals surface area contributed by atoms with Gasteiger partial charge in [0.1, 0.15) is 0 Å². The van der Waals surface area contributed by atoms with Crippen LogP contribution in [0.3, 0.4) is 0 Å². The molecule has 21 heavy (non-hydrogen) atoms. The van der Waals surface area contributed by atoms with Crippen molar-refractivity contribution in [2.24, 2.45) is 7.05 Å². The van der Waals surface area contributed by atoms with Gasteiger partial charge in [-0.2, -0.15) is 5.10 Å². The fourth-order valence-electron chi connectivity index (χ4n) is 2.68. The molecule has 0 fully saturated rings. The van der Waals surface area contributed by atoms with E-state index < -0.39 is 0 Å². The first-order valence-corrected chi connectivity index (χ1v) is 7.32. The molecular formula is C17H20N4. The molecule has 0 saturated carbocycles. The zero-order valence-electron chi connectivity index (χ0n) is 12.5. The molecule has 108 valence electrons. The number of benzene rings is 1. The number of hydrogen-bond acceptors (Lipinski definition) is 3. The largest absolute Gasteiger partial charge is 0.310 e. The summed E-state index contributed by atoms with van der Waals surface area (Å²) < 4.78 is 1.85. The number of hydrogen-bond donors (Lipinski definition) is 1. The van der Waals surface area contributed by atoms with Gasteiger partial charge in [-0.05, 0) is 42.3 Å². The van der Waals surface area contributed by atoms with E-state index in [1.165, 1.54) is 16.5 Å². The Morgan fingerprint density at radius 3 is 2.95 bits per heavy atom. The zero-order chi connectivity index (χ0) is 14.7. The fraction of sp³-hybridized carbons (Fsp3) is 0.294. The second-order valence-electron chi connectivity index (χ2n) is 5.29. The molecule has 1 aromatic carbocycles. The van der Waals surface area contributed by atoms with Gasteiger partial charge in [0, 0.05) is 30.9 Å². The third kappa shape index (κ3) is 3.11. The molecule has 4 nitrogen and oxygen atoms in total. The van der Waals surface area contributed by atoms with Gasteiger partial charge in [0.2, 0.25) is 0 Å². The maximum Gasteiger partial charge on any atom is 0.0702 e. The predicted octanol–water partition coefficient (Wildman–Crippen LogP) is 2.86. The second-order valence-corrected chi connectivity index (χ2v) is 5.29. The summed E-state index contributed by atoms with van der Waals surface area (Å²) in [6, 6.07) is 10.9. The van der Waals surface area contributed by atoms with Gasteiger partial charge in [0.25, 0.3) is 0 Å². The highest BCUT2D eigenvalue weighted by Crippen LogP contribution is 2.22. The van der Waals surface area contributed by atoms with E-state index in [2.05, 4.69) is 52.8 Å². The first-order valence-electron chi connectivity index (χ1n) is 7.32. The Kier molecular flexibility index (Phi) is 3.97. The molecule has 0 aliphatic carbocycles. The Balaban J connectivity index is 1.90. The maximum absolute atomic E-state index is 4.38. The first kappa shape index (κ1) is 13.8. The van der Waals surface area contributed by atoms with Crippen molar-refractivity contribution >= 4 is 10.9 Å². The molecule has 0 radical (unpaired) electrons. The fourth-order valence-corrected chi connectivity index (χ4v) is 2.68. The van der Waals surface area contributed by atoms with Gasteiger partial charge < -0.3 is 5.32 Å². The molecular weight excluding hydrogens is 260 g/mol. The van der Waals surface area contributed by atoms with Crippen molar-refractivity contribution in [1.82, 2.24) is 20.1 Å². The molecule has 0 aliphatic rings. The van der Waals surface area contributed by atoms with Crippen LogP contribution in [-0.4, -0.2) is 21.3 Å². The van der Waals surface area contributed by atoms with Crippen molar-refractivity contribution in [3.05, 3.63) is 60.0 Å². The van der Waals surface area contributed by atoms with Gasteiger partial charge in [-0.25, -0.2) is 0 Å². The first-order chi connectivity index (χ1) is 10.3. The highest BCUT2D eigenvalue weighted by Gasteiger charge is 2.12. The molecule has 1 atom stereocenters. The number of rotatable bonds is 5. The van der Waals surface area contributed by atoms with Crippen molar-refractivity contribution in [2.45, 2.75) is 19.4 Å². The van der Waals surface area contributed by atoms with Crippen LogP contribution in [0.1, 0.15) is 24.1 Å². The van der Waals surface area contributed by atoms with E-state index in [0.717, 1.165) is 18.5 Å². The van der Waals surface area contributed by atoms with Crippen molar-refractivity contribution < 1.29 is 0 Å². The van der Waals surface area contributed by atoms with Gasteiger partial charge in [0.15, 0.2) is 0 Å². The van der Waals surface area contributed by atoms with Crippen LogP contribution in [0.2, 0.25) is 0 Å². The highest BCUT2D eigenvalue weighted by atomic mass is 15.2. The van der Waals surface area contributed by atoms with Crippen LogP contribution in [0.15, 0.2) is 48.9 Å². The number of pyridine rings is 1. The van der Waals surface area contributed by atoms with E-state index >= 15 is 0 Å². The van der Waals surface area contributed by atoms with E-state index in [9.17, 15) is 0 Å². The molecule has 0 bridgehead atoms.